The molecule has 0 fully saturated rings. The first-order valence-corrected chi connectivity index (χ1v) is 6.94. The second kappa shape index (κ2) is 5.66. The molecule has 1 aromatic carbocycles. The molecule has 0 saturated heterocycles. The first-order chi connectivity index (χ1) is 10.1. The van der Waals surface area contributed by atoms with Gasteiger partial charge in [-0.15, -0.1) is 0 Å². The number of nitrogens with zero attached hydrogens (tertiary/aromatic N) is 2. The predicted molar refractivity (Wildman–Crippen MR) is 82.0 cm³/mol. The number of ketones is 1. The highest BCUT2D eigenvalue weighted by molar-refractivity contribution is 6.30. The minimum atomic E-state index is 0.0273. The Bertz CT molecular complexity index is 741. The molecule has 1 aromatic heterocycles. The summed E-state index contributed by atoms with van der Waals surface area (Å²) in [7, 11) is 0. The summed E-state index contributed by atoms with van der Waals surface area (Å²) in [5.41, 5.74) is 2.90. The summed E-state index contributed by atoms with van der Waals surface area (Å²) >= 11 is 5.91. The fourth-order valence-corrected chi connectivity index (χ4v) is 2.44. The molecule has 0 unspecified atom stereocenters. The Kier molecular flexibility index (Phi) is 3.71. The number of benzene rings is 1. The van der Waals surface area contributed by atoms with Crippen LogP contribution >= 0.6 is 11.6 Å². The number of fused-ring (bicyclic) bond motifs is 1. The molecule has 2 aromatic rings. The molecule has 5 heteroatoms. The van der Waals surface area contributed by atoms with Crippen LogP contribution in [0, 0.1) is 6.92 Å². The Morgan fingerprint density at radius 3 is 3.00 bits per heavy atom. The van der Waals surface area contributed by atoms with Crippen molar-refractivity contribution in [2.75, 3.05) is 6.61 Å². The fraction of sp³-hybridized carbons (Fsp3) is 0.188. The monoisotopic (exact) mass is 300 g/mol. The Morgan fingerprint density at radius 1 is 1.33 bits per heavy atom. The van der Waals surface area contributed by atoms with Crippen LogP contribution in [0.4, 0.5) is 5.69 Å². The van der Waals surface area contributed by atoms with E-state index in [0.717, 1.165) is 11.3 Å². The fourth-order valence-electron chi connectivity index (χ4n) is 2.21. The van der Waals surface area contributed by atoms with E-state index in [4.69, 9.17) is 16.3 Å². The van der Waals surface area contributed by atoms with Gasteiger partial charge >= 0.3 is 0 Å². The van der Waals surface area contributed by atoms with Gasteiger partial charge in [0.1, 0.15) is 12.4 Å². The van der Waals surface area contributed by atoms with Crippen molar-refractivity contribution in [3.63, 3.8) is 0 Å². The zero-order chi connectivity index (χ0) is 14.8. The number of carbonyl (C=O) groups is 1. The Balaban J connectivity index is 1.77. The molecule has 1 aliphatic rings. The van der Waals surface area contributed by atoms with Crippen LogP contribution in [0.15, 0.2) is 41.7 Å². The van der Waals surface area contributed by atoms with E-state index in [1.54, 1.807) is 24.5 Å². The lowest BCUT2D eigenvalue weighted by atomic mass is 10.0. The molecule has 0 aliphatic carbocycles. The Morgan fingerprint density at radius 2 is 2.19 bits per heavy atom. The smallest absolute Gasteiger partial charge is 0.172 e. The van der Waals surface area contributed by atoms with Crippen LogP contribution in [0.1, 0.15) is 22.3 Å². The number of pyridine rings is 1. The van der Waals surface area contributed by atoms with Gasteiger partial charge in [0.2, 0.25) is 0 Å². The second-order valence-electron chi connectivity index (χ2n) is 4.87. The van der Waals surface area contributed by atoms with E-state index in [1.165, 1.54) is 0 Å². The molecule has 1 aliphatic heterocycles. The normalized spacial score (nSPS) is 13.6. The van der Waals surface area contributed by atoms with Gasteiger partial charge in [-0.25, -0.2) is 0 Å². The number of ether oxygens (including phenoxy) is 1. The van der Waals surface area contributed by atoms with Crippen molar-refractivity contribution >= 4 is 28.8 Å². The zero-order valence-corrected chi connectivity index (χ0v) is 12.2. The molecular formula is C16H13ClN2O2. The van der Waals surface area contributed by atoms with Gasteiger partial charge in [0, 0.05) is 17.4 Å². The van der Waals surface area contributed by atoms with Gasteiger partial charge < -0.3 is 4.74 Å². The number of carbonyl (C=O) groups excluding carboxylic acids is 1. The van der Waals surface area contributed by atoms with Gasteiger partial charge in [-0.2, -0.15) is 0 Å². The summed E-state index contributed by atoms with van der Waals surface area (Å²) in [5, 5.41) is 0.673. The van der Waals surface area contributed by atoms with Crippen molar-refractivity contribution in [2.45, 2.75) is 13.3 Å². The number of rotatable bonds is 3. The van der Waals surface area contributed by atoms with Gasteiger partial charge in [0.15, 0.2) is 5.78 Å². The molecule has 0 amide bonds. The molecule has 0 spiro atoms. The van der Waals surface area contributed by atoms with Crippen LogP contribution in [-0.2, 0) is 0 Å². The third-order valence-electron chi connectivity index (χ3n) is 3.27. The van der Waals surface area contributed by atoms with Gasteiger partial charge in [-0.3, -0.25) is 14.8 Å². The highest BCUT2D eigenvalue weighted by atomic mass is 35.5. The lowest BCUT2D eigenvalue weighted by Gasteiger charge is -2.15. The van der Waals surface area contributed by atoms with Gasteiger partial charge in [0.25, 0.3) is 0 Å². The molecule has 2 heterocycles. The van der Waals surface area contributed by atoms with Gasteiger partial charge in [-0.1, -0.05) is 11.6 Å². The molecular weight excluding hydrogens is 288 g/mol. The van der Waals surface area contributed by atoms with Crippen LogP contribution in [0.2, 0.25) is 5.02 Å². The van der Waals surface area contributed by atoms with Crippen molar-refractivity contribution in [2.24, 2.45) is 4.99 Å². The van der Waals surface area contributed by atoms with Crippen LogP contribution in [0.25, 0.3) is 0 Å². The third kappa shape index (κ3) is 2.95. The summed E-state index contributed by atoms with van der Waals surface area (Å²) in [6.45, 7) is 2.21. The quantitative estimate of drug-likeness (QED) is 0.866. The van der Waals surface area contributed by atoms with Crippen LogP contribution in [-0.4, -0.2) is 23.1 Å². The number of hydrogen-bond donors (Lipinski definition) is 0. The topological polar surface area (TPSA) is 51.6 Å². The molecule has 3 rings (SSSR count). The summed E-state index contributed by atoms with van der Waals surface area (Å²) in [6.07, 6.45) is 3.45. The van der Waals surface area contributed by atoms with Crippen molar-refractivity contribution in [3.8, 4) is 5.75 Å². The predicted octanol–water partition coefficient (Wildman–Crippen LogP) is 3.78. The molecule has 0 atom stereocenters. The first kappa shape index (κ1) is 13.8. The average molecular weight is 301 g/mol. The Labute approximate surface area is 127 Å². The number of aliphatic imine (C=N–C) groups is 1. The SMILES string of the molecule is Cc1cc(Cl)ccc1OCC1=Nc2ccncc2C(=O)C1. The van der Waals surface area contributed by atoms with E-state index >= 15 is 0 Å². The number of aromatic nitrogens is 1. The van der Waals surface area contributed by atoms with Crippen LogP contribution in [0.5, 0.6) is 5.75 Å². The summed E-state index contributed by atoms with van der Waals surface area (Å²) in [4.78, 5) is 20.4. The highest BCUT2D eigenvalue weighted by Gasteiger charge is 2.20. The minimum absolute atomic E-state index is 0.0273. The number of Topliss-reactive ketones (excluding diaryl/α,β-unsaturated/α-hetero) is 1. The molecule has 0 bridgehead atoms. The van der Waals surface area contributed by atoms with Crippen molar-refractivity contribution in [1.29, 1.82) is 0 Å². The molecule has 106 valence electrons. The second-order valence-corrected chi connectivity index (χ2v) is 5.31. The molecule has 21 heavy (non-hydrogen) atoms. The minimum Gasteiger partial charge on any atom is -0.487 e. The van der Waals surface area contributed by atoms with E-state index < -0.39 is 0 Å². The lowest BCUT2D eigenvalue weighted by molar-refractivity contribution is 0.0998. The molecule has 0 N–H and O–H groups in total. The maximum Gasteiger partial charge on any atom is 0.172 e. The lowest BCUT2D eigenvalue weighted by Crippen LogP contribution is -2.20. The van der Waals surface area contributed by atoms with Crippen molar-refractivity contribution < 1.29 is 9.53 Å². The molecule has 0 radical (unpaired) electrons. The van der Waals surface area contributed by atoms with Gasteiger partial charge in [0.05, 0.1) is 23.4 Å². The summed E-state index contributed by atoms with van der Waals surface area (Å²) < 4.78 is 5.74. The van der Waals surface area contributed by atoms with Crippen molar-refractivity contribution in [1.82, 2.24) is 4.98 Å². The third-order valence-corrected chi connectivity index (χ3v) is 3.51. The van der Waals surface area contributed by atoms with E-state index in [2.05, 4.69) is 9.98 Å². The number of aryl methyl sites for hydroxylation is 1. The summed E-state index contributed by atoms with van der Waals surface area (Å²) in [6, 6.07) is 7.17. The largest absolute Gasteiger partial charge is 0.487 e. The van der Waals surface area contributed by atoms with Crippen LogP contribution < -0.4 is 4.74 Å². The molecule has 0 saturated carbocycles. The number of halogens is 1. The van der Waals surface area contributed by atoms with E-state index in [0.29, 0.717) is 22.0 Å². The average Bonchev–Trinajstić information content (AvgIpc) is 2.46. The maximum absolute atomic E-state index is 12.0. The van der Waals surface area contributed by atoms with Crippen LogP contribution in [0.3, 0.4) is 0 Å². The summed E-state index contributed by atoms with van der Waals surface area (Å²) in [5.74, 6) is 0.773. The van der Waals surface area contributed by atoms with Gasteiger partial charge in [-0.05, 0) is 36.8 Å². The van der Waals surface area contributed by atoms with E-state index in [1.807, 2.05) is 19.1 Å². The van der Waals surface area contributed by atoms with E-state index in [9.17, 15) is 4.79 Å². The highest BCUT2D eigenvalue weighted by Crippen LogP contribution is 2.26. The standard InChI is InChI=1S/C16H13ClN2O2/c1-10-6-11(17)2-3-16(10)21-9-12-7-15(20)13-8-18-5-4-14(13)19-12/h2-6,8H,7,9H2,1H3. The molecule has 4 nitrogen and oxygen atoms in total. The van der Waals surface area contributed by atoms with Crippen molar-refractivity contribution in [3.05, 3.63) is 52.8 Å². The maximum atomic E-state index is 12.0. The Hall–Kier alpha value is -2.20. The number of hydrogen-bond acceptors (Lipinski definition) is 4. The zero-order valence-electron chi connectivity index (χ0n) is 11.5. The van der Waals surface area contributed by atoms with E-state index in [-0.39, 0.29) is 18.8 Å². The first-order valence-electron chi connectivity index (χ1n) is 6.56.